The SMILES string of the molecule is Cc1c(C(=O)O)noc1-c1ccc(OCc2ccccc2)cc1. The molecule has 0 aliphatic heterocycles. The fourth-order valence-electron chi connectivity index (χ4n) is 2.25. The average Bonchev–Trinajstić information content (AvgIpc) is 2.96. The third-order valence-electron chi connectivity index (χ3n) is 3.49. The molecule has 0 fully saturated rings. The van der Waals surface area contributed by atoms with Crippen LogP contribution in [0.5, 0.6) is 5.75 Å². The Morgan fingerprint density at radius 1 is 1.13 bits per heavy atom. The number of benzene rings is 2. The molecule has 3 rings (SSSR count). The summed E-state index contributed by atoms with van der Waals surface area (Å²) in [6, 6.07) is 17.2. The monoisotopic (exact) mass is 309 g/mol. The zero-order chi connectivity index (χ0) is 16.2. The molecule has 5 heteroatoms. The van der Waals surface area contributed by atoms with Crippen molar-refractivity contribution in [3.05, 3.63) is 71.4 Å². The van der Waals surface area contributed by atoms with Crippen molar-refractivity contribution in [1.82, 2.24) is 5.16 Å². The molecule has 116 valence electrons. The lowest BCUT2D eigenvalue weighted by molar-refractivity contribution is 0.0685. The van der Waals surface area contributed by atoms with Crippen LogP contribution in [0.1, 0.15) is 21.6 Å². The number of ether oxygens (including phenoxy) is 1. The van der Waals surface area contributed by atoms with Crippen molar-refractivity contribution in [2.24, 2.45) is 0 Å². The highest BCUT2D eigenvalue weighted by atomic mass is 16.5. The van der Waals surface area contributed by atoms with Crippen LogP contribution in [0.3, 0.4) is 0 Å². The van der Waals surface area contributed by atoms with Crippen molar-refractivity contribution in [2.75, 3.05) is 0 Å². The van der Waals surface area contributed by atoms with Crippen LogP contribution in [0, 0.1) is 6.92 Å². The molecule has 23 heavy (non-hydrogen) atoms. The number of carboxylic acid groups (broad SMARTS) is 1. The van der Waals surface area contributed by atoms with Crippen molar-refractivity contribution >= 4 is 5.97 Å². The molecule has 3 aromatic rings. The Labute approximate surface area is 133 Å². The molecule has 2 aromatic carbocycles. The normalized spacial score (nSPS) is 10.5. The summed E-state index contributed by atoms with van der Waals surface area (Å²) in [6.45, 7) is 2.17. The summed E-state index contributed by atoms with van der Waals surface area (Å²) >= 11 is 0. The van der Waals surface area contributed by atoms with Crippen molar-refractivity contribution in [2.45, 2.75) is 13.5 Å². The second kappa shape index (κ2) is 6.36. The predicted octanol–water partition coefficient (Wildman–Crippen LogP) is 3.93. The molecule has 1 heterocycles. The average molecular weight is 309 g/mol. The number of hydrogen-bond acceptors (Lipinski definition) is 4. The van der Waals surface area contributed by atoms with Gasteiger partial charge in [-0.05, 0) is 36.8 Å². The number of aromatic carboxylic acids is 1. The van der Waals surface area contributed by atoms with E-state index in [9.17, 15) is 4.79 Å². The molecular weight excluding hydrogens is 294 g/mol. The van der Waals surface area contributed by atoms with Gasteiger partial charge in [-0.2, -0.15) is 0 Å². The minimum Gasteiger partial charge on any atom is -0.489 e. The van der Waals surface area contributed by atoms with Gasteiger partial charge in [-0.25, -0.2) is 4.79 Å². The van der Waals surface area contributed by atoms with Gasteiger partial charge in [0, 0.05) is 11.1 Å². The van der Waals surface area contributed by atoms with Crippen molar-refractivity contribution in [3.63, 3.8) is 0 Å². The van der Waals surface area contributed by atoms with E-state index in [2.05, 4.69) is 5.16 Å². The first-order chi connectivity index (χ1) is 11.1. The molecule has 1 aromatic heterocycles. The van der Waals surface area contributed by atoms with Gasteiger partial charge in [-0.1, -0.05) is 35.5 Å². The van der Waals surface area contributed by atoms with Gasteiger partial charge in [0.2, 0.25) is 0 Å². The molecular formula is C18H15NO4. The molecule has 0 aliphatic rings. The summed E-state index contributed by atoms with van der Waals surface area (Å²) in [4.78, 5) is 11.0. The van der Waals surface area contributed by atoms with Gasteiger partial charge >= 0.3 is 5.97 Å². The fraction of sp³-hybridized carbons (Fsp3) is 0.111. The molecule has 0 saturated heterocycles. The molecule has 0 bridgehead atoms. The Kier molecular flexibility index (Phi) is 4.10. The molecule has 1 N–H and O–H groups in total. The summed E-state index contributed by atoms with van der Waals surface area (Å²) in [5.74, 6) is 0.0885. The van der Waals surface area contributed by atoms with E-state index in [4.69, 9.17) is 14.4 Å². The summed E-state index contributed by atoms with van der Waals surface area (Å²) in [5, 5.41) is 12.6. The molecule has 0 aliphatic carbocycles. The zero-order valence-corrected chi connectivity index (χ0v) is 12.5. The Bertz CT molecular complexity index is 807. The topological polar surface area (TPSA) is 72.6 Å². The molecule has 0 saturated carbocycles. The van der Waals surface area contributed by atoms with Crippen LogP contribution in [-0.4, -0.2) is 16.2 Å². The van der Waals surface area contributed by atoms with Gasteiger partial charge in [0.05, 0.1) is 0 Å². The van der Waals surface area contributed by atoms with Crippen LogP contribution < -0.4 is 4.74 Å². The van der Waals surface area contributed by atoms with E-state index in [1.807, 2.05) is 54.6 Å². The zero-order valence-electron chi connectivity index (χ0n) is 12.5. The second-order valence-electron chi connectivity index (χ2n) is 5.09. The lowest BCUT2D eigenvalue weighted by atomic mass is 10.1. The van der Waals surface area contributed by atoms with E-state index in [1.54, 1.807) is 6.92 Å². The van der Waals surface area contributed by atoms with E-state index >= 15 is 0 Å². The van der Waals surface area contributed by atoms with Gasteiger partial charge in [0.25, 0.3) is 0 Å². The quantitative estimate of drug-likeness (QED) is 0.773. The Balaban J connectivity index is 1.73. The Hall–Kier alpha value is -3.08. The first-order valence-electron chi connectivity index (χ1n) is 7.12. The van der Waals surface area contributed by atoms with Gasteiger partial charge in [-0.15, -0.1) is 0 Å². The Morgan fingerprint density at radius 3 is 2.43 bits per heavy atom. The van der Waals surface area contributed by atoms with Gasteiger partial charge < -0.3 is 14.4 Å². The highest BCUT2D eigenvalue weighted by molar-refractivity contribution is 5.88. The highest BCUT2D eigenvalue weighted by Gasteiger charge is 2.18. The summed E-state index contributed by atoms with van der Waals surface area (Å²) in [7, 11) is 0. The van der Waals surface area contributed by atoms with Crippen molar-refractivity contribution in [1.29, 1.82) is 0 Å². The lowest BCUT2D eigenvalue weighted by Gasteiger charge is -2.06. The van der Waals surface area contributed by atoms with Crippen LogP contribution in [0.2, 0.25) is 0 Å². The molecule has 0 radical (unpaired) electrons. The van der Waals surface area contributed by atoms with E-state index < -0.39 is 5.97 Å². The maximum atomic E-state index is 11.0. The molecule has 0 spiro atoms. The number of aromatic nitrogens is 1. The van der Waals surface area contributed by atoms with Crippen LogP contribution in [0.15, 0.2) is 59.1 Å². The van der Waals surface area contributed by atoms with Crippen LogP contribution in [-0.2, 0) is 6.61 Å². The number of hydrogen-bond donors (Lipinski definition) is 1. The van der Waals surface area contributed by atoms with Crippen LogP contribution in [0.4, 0.5) is 0 Å². The Morgan fingerprint density at radius 2 is 1.83 bits per heavy atom. The van der Waals surface area contributed by atoms with Crippen LogP contribution >= 0.6 is 0 Å². The van der Waals surface area contributed by atoms with Gasteiger partial charge in [-0.3, -0.25) is 0 Å². The number of rotatable bonds is 5. The molecule has 5 nitrogen and oxygen atoms in total. The third-order valence-corrected chi connectivity index (χ3v) is 3.49. The standard InChI is InChI=1S/C18H15NO4/c1-12-16(18(20)21)19-23-17(12)14-7-9-15(10-8-14)22-11-13-5-3-2-4-6-13/h2-10H,11H2,1H3,(H,20,21). The number of carboxylic acids is 1. The third kappa shape index (κ3) is 3.23. The van der Waals surface area contributed by atoms with Crippen LogP contribution in [0.25, 0.3) is 11.3 Å². The van der Waals surface area contributed by atoms with Gasteiger partial charge in [0.1, 0.15) is 12.4 Å². The second-order valence-corrected chi connectivity index (χ2v) is 5.09. The minimum absolute atomic E-state index is 0.0654. The predicted molar refractivity (Wildman–Crippen MR) is 84.4 cm³/mol. The first-order valence-corrected chi connectivity index (χ1v) is 7.12. The summed E-state index contributed by atoms with van der Waals surface area (Å²) in [6.07, 6.45) is 0. The van der Waals surface area contributed by atoms with E-state index in [0.29, 0.717) is 17.9 Å². The van der Waals surface area contributed by atoms with E-state index in [0.717, 1.165) is 16.9 Å². The van der Waals surface area contributed by atoms with E-state index in [1.165, 1.54) is 0 Å². The van der Waals surface area contributed by atoms with E-state index in [-0.39, 0.29) is 5.69 Å². The smallest absolute Gasteiger partial charge is 0.358 e. The maximum absolute atomic E-state index is 11.0. The summed E-state index contributed by atoms with van der Waals surface area (Å²) < 4.78 is 10.9. The molecule has 0 atom stereocenters. The molecule has 0 unspecified atom stereocenters. The van der Waals surface area contributed by atoms with Gasteiger partial charge in [0.15, 0.2) is 11.5 Å². The lowest BCUT2D eigenvalue weighted by Crippen LogP contribution is -1.98. The molecule has 0 amide bonds. The summed E-state index contributed by atoms with van der Waals surface area (Å²) in [5.41, 5.74) is 2.29. The number of carbonyl (C=O) groups is 1. The highest BCUT2D eigenvalue weighted by Crippen LogP contribution is 2.27. The fourth-order valence-corrected chi connectivity index (χ4v) is 2.25. The largest absolute Gasteiger partial charge is 0.489 e. The van der Waals surface area contributed by atoms with Crippen molar-refractivity contribution in [3.8, 4) is 17.1 Å². The maximum Gasteiger partial charge on any atom is 0.358 e. The minimum atomic E-state index is -1.10. The first kappa shape index (κ1) is 14.8. The van der Waals surface area contributed by atoms with Crippen molar-refractivity contribution < 1.29 is 19.2 Å². The number of nitrogens with zero attached hydrogens (tertiary/aromatic N) is 1.